The summed E-state index contributed by atoms with van der Waals surface area (Å²) < 4.78 is 13.3. The van der Waals surface area contributed by atoms with Crippen molar-refractivity contribution in [2.75, 3.05) is 38.2 Å². The first-order valence-electron chi connectivity index (χ1n) is 9.77. The van der Waals surface area contributed by atoms with Gasteiger partial charge in [-0.15, -0.1) is 15.3 Å². The van der Waals surface area contributed by atoms with Gasteiger partial charge in [0.2, 0.25) is 0 Å². The maximum Gasteiger partial charge on any atom is 0.178 e. The Bertz CT molecular complexity index is 936. The lowest BCUT2D eigenvalue weighted by atomic mass is 9.96. The van der Waals surface area contributed by atoms with E-state index in [4.69, 9.17) is 14.3 Å². The van der Waals surface area contributed by atoms with Crippen molar-refractivity contribution in [2.45, 2.75) is 39.2 Å². The third kappa shape index (κ3) is 3.88. The number of aromatic nitrogens is 4. The molecule has 28 heavy (non-hydrogen) atoms. The fraction of sp³-hybridized carbons (Fsp3) is 0.550. The molecule has 1 atom stereocenters. The number of fused-ring (bicyclic) bond motifs is 1. The number of aryl methyl sites for hydroxylation is 1. The van der Waals surface area contributed by atoms with Gasteiger partial charge in [0.05, 0.1) is 19.3 Å². The van der Waals surface area contributed by atoms with Crippen LogP contribution in [-0.4, -0.2) is 57.6 Å². The van der Waals surface area contributed by atoms with E-state index in [0.717, 1.165) is 55.1 Å². The van der Waals surface area contributed by atoms with Gasteiger partial charge in [-0.1, -0.05) is 20.8 Å². The summed E-state index contributed by atoms with van der Waals surface area (Å²) in [5.41, 5.74) is 0.620. The maximum atomic E-state index is 5.94. The SMILES string of the molecule is Cc1ccc(C(CNc2ccc3nnc(C(C)(C)C)n3n2)N2CCOCC2)o1. The van der Waals surface area contributed by atoms with Crippen LogP contribution >= 0.6 is 0 Å². The molecular formula is C20H28N6O2. The van der Waals surface area contributed by atoms with Crippen molar-refractivity contribution in [1.82, 2.24) is 24.7 Å². The zero-order chi connectivity index (χ0) is 19.7. The van der Waals surface area contributed by atoms with Gasteiger partial charge in [0.1, 0.15) is 17.3 Å². The van der Waals surface area contributed by atoms with Gasteiger partial charge in [0.25, 0.3) is 0 Å². The highest BCUT2D eigenvalue weighted by Crippen LogP contribution is 2.25. The van der Waals surface area contributed by atoms with Gasteiger partial charge in [0, 0.05) is 25.0 Å². The zero-order valence-electron chi connectivity index (χ0n) is 17.0. The lowest BCUT2D eigenvalue weighted by molar-refractivity contribution is 0.0143. The van der Waals surface area contributed by atoms with Gasteiger partial charge < -0.3 is 14.5 Å². The molecule has 1 aliphatic heterocycles. The highest BCUT2D eigenvalue weighted by molar-refractivity contribution is 5.44. The summed E-state index contributed by atoms with van der Waals surface area (Å²) in [6, 6.07) is 8.09. The van der Waals surface area contributed by atoms with Crippen LogP contribution in [0.4, 0.5) is 5.82 Å². The van der Waals surface area contributed by atoms with E-state index < -0.39 is 0 Å². The molecule has 1 aliphatic rings. The molecular weight excluding hydrogens is 356 g/mol. The Kier molecular flexibility index (Phi) is 5.07. The van der Waals surface area contributed by atoms with Gasteiger partial charge in [-0.05, 0) is 31.2 Å². The average molecular weight is 384 g/mol. The van der Waals surface area contributed by atoms with Crippen molar-refractivity contribution in [1.29, 1.82) is 0 Å². The predicted molar refractivity (Wildman–Crippen MR) is 107 cm³/mol. The van der Waals surface area contributed by atoms with E-state index in [0.29, 0.717) is 6.54 Å². The summed E-state index contributed by atoms with van der Waals surface area (Å²) in [5, 5.41) is 16.7. The molecule has 1 unspecified atom stereocenters. The Morgan fingerprint density at radius 1 is 1.11 bits per heavy atom. The number of anilines is 1. The van der Waals surface area contributed by atoms with E-state index in [1.54, 1.807) is 0 Å². The third-order valence-corrected chi connectivity index (χ3v) is 4.99. The molecule has 8 nitrogen and oxygen atoms in total. The number of nitrogens with zero attached hydrogens (tertiary/aromatic N) is 5. The summed E-state index contributed by atoms with van der Waals surface area (Å²) in [5.74, 6) is 3.52. The van der Waals surface area contributed by atoms with Crippen molar-refractivity contribution in [3.8, 4) is 0 Å². The monoisotopic (exact) mass is 384 g/mol. The topological polar surface area (TPSA) is 80.7 Å². The fourth-order valence-corrected chi connectivity index (χ4v) is 3.48. The van der Waals surface area contributed by atoms with Gasteiger partial charge in [-0.2, -0.15) is 4.52 Å². The number of ether oxygens (including phenoxy) is 1. The molecule has 0 bridgehead atoms. The van der Waals surface area contributed by atoms with Crippen LogP contribution in [0.5, 0.6) is 0 Å². The van der Waals surface area contributed by atoms with Gasteiger partial charge >= 0.3 is 0 Å². The van der Waals surface area contributed by atoms with Crippen LogP contribution in [0.15, 0.2) is 28.7 Å². The lowest BCUT2D eigenvalue weighted by Crippen LogP contribution is -2.41. The third-order valence-electron chi connectivity index (χ3n) is 4.99. The number of nitrogens with one attached hydrogen (secondary N) is 1. The molecule has 0 spiro atoms. The number of furan rings is 1. The quantitative estimate of drug-likeness (QED) is 0.724. The molecule has 8 heteroatoms. The molecule has 0 aliphatic carbocycles. The molecule has 1 fully saturated rings. The molecule has 0 amide bonds. The summed E-state index contributed by atoms with van der Waals surface area (Å²) in [6.45, 7) is 12.3. The van der Waals surface area contributed by atoms with Crippen molar-refractivity contribution < 1.29 is 9.15 Å². The Balaban J connectivity index is 1.56. The number of morpholine rings is 1. The molecule has 0 radical (unpaired) electrons. The average Bonchev–Trinajstić information content (AvgIpc) is 3.28. The summed E-state index contributed by atoms with van der Waals surface area (Å²) in [7, 11) is 0. The first kappa shape index (κ1) is 18.9. The first-order valence-corrected chi connectivity index (χ1v) is 9.77. The lowest BCUT2D eigenvalue weighted by Gasteiger charge is -2.33. The van der Waals surface area contributed by atoms with Crippen LogP contribution in [-0.2, 0) is 10.2 Å². The minimum Gasteiger partial charge on any atom is -0.465 e. The normalized spacial score (nSPS) is 17.1. The van der Waals surface area contributed by atoms with Crippen LogP contribution in [0.25, 0.3) is 5.65 Å². The van der Waals surface area contributed by atoms with Crippen LogP contribution in [0, 0.1) is 6.92 Å². The largest absolute Gasteiger partial charge is 0.465 e. The summed E-state index contributed by atoms with van der Waals surface area (Å²) >= 11 is 0. The molecule has 4 rings (SSSR count). The Hall–Kier alpha value is -2.45. The van der Waals surface area contributed by atoms with Crippen molar-refractivity contribution in [3.05, 3.63) is 41.6 Å². The van der Waals surface area contributed by atoms with Crippen molar-refractivity contribution in [3.63, 3.8) is 0 Å². The van der Waals surface area contributed by atoms with Gasteiger partial charge in [-0.25, -0.2) is 0 Å². The molecule has 0 saturated carbocycles. The minimum atomic E-state index is -0.132. The van der Waals surface area contributed by atoms with E-state index in [1.165, 1.54) is 0 Å². The summed E-state index contributed by atoms with van der Waals surface area (Å²) in [4.78, 5) is 2.40. The van der Waals surface area contributed by atoms with Crippen LogP contribution in [0.3, 0.4) is 0 Å². The highest BCUT2D eigenvalue weighted by atomic mass is 16.5. The molecule has 1 saturated heterocycles. The van der Waals surface area contributed by atoms with E-state index in [2.05, 4.69) is 47.3 Å². The standard InChI is InChI=1S/C20H28N6O2/c1-14-5-6-16(28-14)15(25-9-11-27-12-10-25)13-21-17-7-8-18-22-23-19(20(2,3)4)26(18)24-17/h5-8,15H,9-13H2,1-4H3,(H,21,24). The maximum absolute atomic E-state index is 5.94. The molecule has 3 aromatic heterocycles. The van der Waals surface area contributed by atoms with Crippen molar-refractivity contribution in [2.24, 2.45) is 0 Å². The smallest absolute Gasteiger partial charge is 0.178 e. The van der Waals surface area contributed by atoms with Gasteiger partial charge in [0.15, 0.2) is 11.5 Å². The second kappa shape index (κ2) is 7.52. The van der Waals surface area contributed by atoms with E-state index in [9.17, 15) is 0 Å². The Labute approximate surface area is 164 Å². The summed E-state index contributed by atoms with van der Waals surface area (Å²) in [6.07, 6.45) is 0. The van der Waals surface area contributed by atoms with Crippen LogP contribution < -0.4 is 5.32 Å². The molecule has 4 heterocycles. The second-order valence-corrected chi connectivity index (χ2v) is 8.26. The number of rotatable bonds is 5. The molecule has 0 aromatic carbocycles. The van der Waals surface area contributed by atoms with Crippen LogP contribution in [0.2, 0.25) is 0 Å². The number of hydrogen-bond donors (Lipinski definition) is 1. The highest BCUT2D eigenvalue weighted by Gasteiger charge is 2.26. The molecule has 150 valence electrons. The van der Waals surface area contributed by atoms with E-state index in [1.807, 2.05) is 29.6 Å². The fourth-order valence-electron chi connectivity index (χ4n) is 3.48. The predicted octanol–water partition coefficient (Wildman–Crippen LogP) is 2.81. The van der Waals surface area contributed by atoms with Crippen molar-refractivity contribution >= 4 is 11.5 Å². The number of hydrogen-bond acceptors (Lipinski definition) is 7. The van der Waals surface area contributed by atoms with E-state index >= 15 is 0 Å². The molecule has 3 aromatic rings. The second-order valence-electron chi connectivity index (χ2n) is 8.26. The van der Waals surface area contributed by atoms with E-state index in [-0.39, 0.29) is 11.5 Å². The Morgan fingerprint density at radius 2 is 1.89 bits per heavy atom. The minimum absolute atomic E-state index is 0.123. The van der Waals surface area contributed by atoms with Crippen LogP contribution in [0.1, 0.15) is 44.2 Å². The zero-order valence-corrected chi connectivity index (χ0v) is 17.0. The van der Waals surface area contributed by atoms with Gasteiger partial charge in [-0.3, -0.25) is 4.90 Å². The molecule has 1 N–H and O–H groups in total. The Morgan fingerprint density at radius 3 is 2.57 bits per heavy atom. The first-order chi connectivity index (χ1) is 13.4.